The molecule has 16 heavy (non-hydrogen) atoms. The maximum Gasteiger partial charge on any atom is 0.128 e. The number of nitrogens with one attached hydrogen (secondary N) is 1. The Labute approximate surface area is 100 Å². The topological polar surface area (TPSA) is 12.0 Å². The second-order valence-electron chi connectivity index (χ2n) is 3.73. The van der Waals surface area contributed by atoms with Crippen molar-refractivity contribution >= 4 is 12.6 Å². The standard InChI is InChI=1S/C13H14FNS/c14-11-6-2-1-5-10(11)9-15-12-7-3-4-8-13(12)16/h1-2,5-8,15-16H,3-4,9H2. The van der Waals surface area contributed by atoms with E-state index in [-0.39, 0.29) is 5.82 Å². The molecule has 1 aliphatic rings. The Morgan fingerprint density at radius 3 is 2.69 bits per heavy atom. The van der Waals surface area contributed by atoms with Crippen LogP contribution in [-0.2, 0) is 6.54 Å². The van der Waals surface area contributed by atoms with E-state index in [4.69, 9.17) is 0 Å². The Morgan fingerprint density at radius 1 is 1.19 bits per heavy atom. The van der Waals surface area contributed by atoms with Gasteiger partial charge in [0.25, 0.3) is 0 Å². The van der Waals surface area contributed by atoms with Crippen molar-refractivity contribution in [3.05, 3.63) is 58.4 Å². The highest BCUT2D eigenvalue weighted by Crippen LogP contribution is 2.20. The second-order valence-corrected chi connectivity index (χ2v) is 4.21. The third kappa shape index (κ3) is 2.67. The third-order valence-corrected chi connectivity index (χ3v) is 2.98. The molecule has 2 rings (SSSR count). The molecule has 0 fully saturated rings. The van der Waals surface area contributed by atoms with Crippen LogP contribution in [-0.4, -0.2) is 0 Å². The molecule has 1 nitrogen and oxygen atoms in total. The highest BCUT2D eigenvalue weighted by Gasteiger charge is 2.06. The molecule has 84 valence electrons. The lowest BCUT2D eigenvalue weighted by Gasteiger charge is -2.14. The minimum atomic E-state index is -0.170. The van der Waals surface area contributed by atoms with Crippen molar-refractivity contribution in [3.63, 3.8) is 0 Å². The molecule has 0 bridgehead atoms. The number of rotatable bonds is 3. The summed E-state index contributed by atoms with van der Waals surface area (Å²) in [6.45, 7) is 0.496. The smallest absolute Gasteiger partial charge is 0.128 e. The van der Waals surface area contributed by atoms with Gasteiger partial charge in [-0.1, -0.05) is 30.4 Å². The molecule has 1 aromatic rings. The molecule has 1 aliphatic carbocycles. The van der Waals surface area contributed by atoms with Gasteiger partial charge in [-0.15, -0.1) is 12.6 Å². The van der Waals surface area contributed by atoms with Crippen LogP contribution in [0.2, 0.25) is 0 Å². The maximum atomic E-state index is 13.3. The molecule has 0 saturated heterocycles. The molecule has 0 atom stereocenters. The fourth-order valence-electron chi connectivity index (χ4n) is 1.66. The zero-order valence-electron chi connectivity index (χ0n) is 8.91. The molecule has 0 radical (unpaired) electrons. The summed E-state index contributed by atoms with van der Waals surface area (Å²) in [4.78, 5) is 0.947. The molecule has 0 saturated carbocycles. The highest BCUT2D eigenvalue weighted by molar-refractivity contribution is 7.84. The van der Waals surface area contributed by atoms with E-state index >= 15 is 0 Å². The number of hydrogen-bond acceptors (Lipinski definition) is 2. The van der Waals surface area contributed by atoms with Crippen LogP contribution < -0.4 is 5.32 Å². The Balaban J connectivity index is 2.00. The molecule has 0 spiro atoms. The molecule has 0 unspecified atom stereocenters. The fraction of sp³-hybridized carbons (Fsp3) is 0.231. The zero-order valence-corrected chi connectivity index (χ0v) is 9.81. The Bertz CT molecular complexity index is 437. The average Bonchev–Trinajstić information content (AvgIpc) is 2.30. The van der Waals surface area contributed by atoms with Gasteiger partial charge in [0.2, 0.25) is 0 Å². The lowest BCUT2D eigenvalue weighted by Crippen LogP contribution is -2.15. The summed E-state index contributed by atoms with van der Waals surface area (Å²) >= 11 is 4.37. The van der Waals surface area contributed by atoms with Crippen molar-refractivity contribution in [2.45, 2.75) is 19.4 Å². The second kappa shape index (κ2) is 5.21. The van der Waals surface area contributed by atoms with Crippen molar-refractivity contribution in [2.24, 2.45) is 0 Å². The molecule has 0 heterocycles. The van der Waals surface area contributed by atoms with Crippen LogP contribution in [0.4, 0.5) is 4.39 Å². The summed E-state index contributed by atoms with van der Waals surface area (Å²) < 4.78 is 13.3. The van der Waals surface area contributed by atoms with E-state index < -0.39 is 0 Å². The highest BCUT2D eigenvalue weighted by atomic mass is 32.1. The summed E-state index contributed by atoms with van der Waals surface area (Å²) in [5.41, 5.74) is 1.67. The normalized spacial score (nSPS) is 15.4. The minimum Gasteiger partial charge on any atom is -0.380 e. The zero-order chi connectivity index (χ0) is 11.4. The van der Waals surface area contributed by atoms with Gasteiger partial charge in [0, 0.05) is 22.7 Å². The lowest BCUT2D eigenvalue weighted by molar-refractivity contribution is 0.602. The van der Waals surface area contributed by atoms with Crippen molar-refractivity contribution in [2.75, 3.05) is 0 Å². The molecule has 3 heteroatoms. The fourth-order valence-corrected chi connectivity index (χ4v) is 1.96. The molecule has 0 aliphatic heterocycles. The van der Waals surface area contributed by atoms with E-state index in [2.05, 4.69) is 30.1 Å². The number of hydrogen-bond donors (Lipinski definition) is 2. The summed E-state index contributed by atoms with van der Waals surface area (Å²) in [6.07, 6.45) is 6.23. The van der Waals surface area contributed by atoms with Crippen LogP contribution in [0.15, 0.2) is 47.0 Å². The van der Waals surface area contributed by atoms with Crippen LogP contribution >= 0.6 is 12.6 Å². The minimum absolute atomic E-state index is 0.170. The lowest BCUT2D eigenvalue weighted by atomic mass is 10.1. The molecule has 1 aromatic carbocycles. The van der Waals surface area contributed by atoms with Crippen LogP contribution in [0.1, 0.15) is 18.4 Å². The van der Waals surface area contributed by atoms with Gasteiger partial charge < -0.3 is 5.32 Å². The summed E-state index contributed by atoms with van der Waals surface area (Å²) in [5.74, 6) is -0.170. The molecule has 0 aromatic heterocycles. The third-order valence-electron chi connectivity index (χ3n) is 2.56. The average molecular weight is 235 g/mol. The van der Waals surface area contributed by atoms with Gasteiger partial charge >= 0.3 is 0 Å². The SMILES string of the molecule is Fc1ccccc1CNC1=CCCC=C1S. The molecular formula is C13H14FNS. The number of thiol groups is 1. The van der Waals surface area contributed by atoms with E-state index in [0.29, 0.717) is 12.1 Å². The predicted octanol–water partition coefficient (Wildman–Crippen LogP) is 3.41. The van der Waals surface area contributed by atoms with Crippen molar-refractivity contribution < 1.29 is 4.39 Å². The molecular weight excluding hydrogens is 221 g/mol. The first-order valence-electron chi connectivity index (χ1n) is 5.34. The predicted molar refractivity (Wildman–Crippen MR) is 67.6 cm³/mol. The van der Waals surface area contributed by atoms with Crippen LogP contribution in [0, 0.1) is 5.82 Å². The van der Waals surface area contributed by atoms with Crippen molar-refractivity contribution in [1.82, 2.24) is 5.32 Å². The van der Waals surface area contributed by atoms with E-state index in [9.17, 15) is 4.39 Å². The number of halogens is 1. The first-order chi connectivity index (χ1) is 7.77. The van der Waals surface area contributed by atoms with E-state index in [0.717, 1.165) is 23.4 Å². The van der Waals surface area contributed by atoms with Gasteiger partial charge in [0.15, 0.2) is 0 Å². The van der Waals surface area contributed by atoms with E-state index in [1.807, 2.05) is 6.07 Å². The first-order valence-corrected chi connectivity index (χ1v) is 5.79. The van der Waals surface area contributed by atoms with Gasteiger partial charge in [-0.25, -0.2) is 4.39 Å². The Hall–Kier alpha value is -1.22. The largest absolute Gasteiger partial charge is 0.380 e. The summed E-state index contributed by atoms with van der Waals surface area (Å²) in [7, 11) is 0. The van der Waals surface area contributed by atoms with E-state index in [1.165, 1.54) is 6.07 Å². The Kier molecular flexibility index (Phi) is 3.67. The number of allylic oxidation sites excluding steroid dienone is 2. The summed E-state index contributed by atoms with van der Waals surface area (Å²) in [6, 6.07) is 6.80. The van der Waals surface area contributed by atoms with Gasteiger partial charge in [0.05, 0.1) is 0 Å². The van der Waals surface area contributed by atoms with Crippen LogP contribution in [0.5, 0.6) is 0 Å². The molecule has 1 N–H and O–H groups in total. The number of benzene rings is 1. The van der Waals surface area contributed by atoms with Crippen molar-refractivity contribution in [1.29, 1.82) is 0 Å². The van der Waals surface area contributed by atoms with Crippen LogP contribution in [0.25, 0.3) is 0 Å². The van der Waals surface area contributed by atoms with Gasteiger partial charge in [-0.2, -0.15) is 0 Å². The van der Waals surface area contributed by atoms with Gasteiger partial charge in [-0.05, 0) is 18.9 Å². The van der Waals surface area contributed by atoms with Crippen LogP contribution in [0.3, 0.4) is 0 Å². The Morgan fingerprint density at radius 2 is 1.94 bits per heavy atom. The molecule has 0 amide bonds. The quantitative estimate of drug-likeness (QED) is 0.765. The van der Waals surface area contributed by atoms with Gasteiger partial charge in [-0.3, -0.25) is 0 Å². The first kappa shape index (κ1) is 11.3. The monoisotopic (exact) mass is 235 g/mol. The maximum absolute atomic E-state index is 13.3. The van der Waals surface area contributed by atoms with Crippen molar-refractivity contribution in [3.8, 4) is 0 Å². The van der Waals surface area contributed by atoms with E-state index in [1.54, 1.807) is 12.1 Å². The van der Waals surface area contributed by atoms with Gasteiger partial charge in [0.1, 0.15) is 5.82 Å². The summed E-state index contributed by atoms with van der Waals surface area (Å²) in [5, 5.41) is 3.20.